The second kappa shape index (κ2) is 6.83. The van der Waals surface area contributed by atoms with Gasteiger partial charge in [0, 0.05) is 0 Å². The number of carboxylic acids is 1. The van der Waals surface area contributed by atoms with Crippen LogP contribution in [0.2, 0.25) is 0 Å². The number of benzene rings is 1. The smallest absolute Gasteiger partial charge is 0.335 e. The van der Waals surface area contributed by atoms with E-state index in [0.717, 1.165) is 12.8 Å². The molecule has 0 aliphatic heterocycles. The number of hydrogen-bond acceptors (Lipinski definition) is 3. The molecular weight excluding hydrogens is 268 g/mol. The molecule has 0 radical (unpaired) electrons. The first-order valence-electron chi connectivity index (χ1n) is 7.66. The Labute approximate surface area is 126 Å². The normalized spacial score (nSPS) is 25.4. The van der Waals surface area contributed by atoms with E-state index in [0.29, 0.717) is 29.9 Å². The van der Waals surface area contributed by atoms with Crippen LogP contribution in [0.1, 0.15) is 50.4 Å². The van der Waals surface area contributed by atoms with Gasteiger partial charge in [0.15, 0.2) is 11.5 Å². The standard InChI is InChI=1S/C17H24O4/c1-4-20-16-10-13(17(18)19)5-6-15(16)21-14-8-11(2)7-12(3)9-14/h5-6,10-12,14H,4,7-9H2,1-3H3,(H,18,19). The third-order valence-electron chi connectivity index (χ3n) is 3.92. The summed E-state index contributed by atoms with van der Waals surface area (Å²) in [5.41, 5.74) is 0.219. The number of aromatic carboxylic acids is 1. The van der Waals surface area contributed by atoms with Gasteiger partial charge in [0.2, 0.25) is 0 Å². The van der Waals surface area contributed by atoms with Crippen LogP contribution in [0.25, 0.3) is 0 Å². The lowest BCUT2D eigenvalue weighted by atomic mass is 9.82. The first-order valence-corrected chi connectivity index (χ1v) is 7.66. The Kier molecular flexibility index (Phi) is 5.10. The highest BCUT2D eigenvalue weighted by Crippen LogP contribution is 2.35. The van der Waals surface area contributed by atoms with Crippen LogP contribution >= 0.6 is 0 Å². The van der Waals surface area contributed by atoms with Crippen molar-refractivity contribution in [3.63, 3.8) is 0 Å². The Morgan fingerprint density at radius 1 is 1.19 bits per heavy atom. The van der Waals surface area contributed by atoms with Crippen LogP contribution < -0.4 is 9.47 Å². The van der Waals surface area contributed by atoms with E-state index >= 15 is 0 Å². The maximum atomic E-state index is 11.0. The Hall–Kier alpha value is -1.71. The van der Waals surface area contributed by atoms with Gasteiger partial charge in [-0.1, -0.05) is 13.8 Å². The highest BCUT2D eigenvalue weighted by molar-refractivity contribution is 5.88. The Morgan fingerprint density at radius 2 is 1.86 bits per heavy atom. The third kappa shape index (κ3) is 4.13. The number of carboxylic acid groups (broad SMARTS) is 1. The third-order valence-corrected chi connectivity index (χ3v) is 3.92. The average molecular weight is 292 g/mol. The molecule has 0 bridgehead atoms. The van der Waals surface area contributed by atoms with E-state index in [1.165, 1.54) is 12.5 Å². The van der Waals surface area contributed by atoms with E-state index in [2.05, 4.69) is 13.8 Å². The highest BCUT2D eigenvalue weighted by atomic mass is 16.5. The lowest BCUT2D eigenvalue weighted by Gasteiger charge is -2.32. The Morgan fingerprint density at radius 3 is 2.43 bits per heavy atom. The largest absolute Gasteiger partial charge is 0.490 e. The summed E-state index contributed by atoms with van der Waals surface area (Å²) in [5.74, 6) is 1.53. The fraction of sp³-hybridized carbons (Fsp3) is 0.588. The molecule has 0 heterocycles. The summed E-state index contributed by atoms with van der Waals surface area (Å²) in [6.45, 7) is 6.87. The number of rotatable bonds is 5. The summed E-state index contributed by atoms with van der Waals surface area (Å²) in [4.78, 5) is 11.0. The molecule has 2 rings (SSSR count). The minimum atomic E-state index is -0.956. The van der Waals surface area contributed by atoms with Gasteiger partial charge in [-0.05, 0) is 56.2 Å². The van der Waals surface area contributed by atoms with E-state index in [1.807, 2.05) is 6.92 Å². The predicted octanol–water partition coefficient (Wildman–Crippen LogP) is 3.99. The van der Waals surface area contributed by atoms with Gasteiger partial charge in [0.1, 0.15) is 0 Å². The molecule has 4 nitrogen and oxygen atoms in total. The first kappa shape index (κ1) is 15.7. The van der Waals surface area contributed by atoms with Crippen LogP contribution in [0, 0.1) is 11.8 Å². The van der Waals surface area contributed by atoms with Crippen LogP contribution in [-0.4, -0.2) is 23.8 Å². The van der Waals surface area contributed by atoms with Crippen molar-refractivity contribution in [2.24, 2.45) is 11.8 Å². The molecule has 1 aliphatic rings. The molecule has 1 fully saturated rings. The molecule has 1 aromatic carbocycles. The van der Waals surface area contributed by atoms with Crippen LogP contribution in [0.5, 0.6) is 11.5 Å². The molecule has 0 amide bonds. The highest BCUT2D eigenvalue weighted by Gasteiger charge is 2.26. The van der Waals surface area contributed by atoms with Crippen molar-refractivity contribution in [1.82, 2.24) is 0 Å². The molecule has 1 N–H and O–H groups in total. The molecule has 2 atom stereocenters. The molecule has 2 unspecified atom stereocenters. The fourth-order valence-corrected chi connectivity index (χ4v) is 3.16. The molecule has 116 valence electrons. The van der Waals surface area contributed by atoms with E-state index < -0.39 is 5.97 Å². The van der Waals surface area contributed by atoms with Crippen LogP contribution in [0.15, 0.2) is 18.2 Å². The fourth-order valence-electron chi connectivity index (χ4n) is 3.16. The SMILES string of the molecule is CCOc1cc(C(=O)O)ccc1OC1CC(C)CC(C)C1. The summed E-state index contributed by atoms with van der Waals surface area (Å²) in [6, 6.07) is 4.81. The average Bonchev–Trinajstić information content (AvgIpc) is 2.39. The quantitative estimate of drug-likeness (QED) is 0.891. The summed E-state index contributed by atoms with van der Waals surface area (Å²) < 4.78 is 11.6. The van der Waals surface area contributed by atoms with Gasteiger partial charge in [-0.25, -0.2) is 4.79 Å². The second-order valence-electron chi connectivity index (χ2n) is 6.06. The first-order chi connectivity index (χ1) is 9.99. The topological polar surface area (TPSA) is 55.8 Å². The number of carbonyl (C=O) groups is 1. The van der Waals surface area contributed by atoms with Crippen molar-refractivity contribution in [1.29, 1.82) is 0 Å². The van der Waals surface area contributed by atoms with E-state index in [4.69, 9.17) is 14.6 Å². The number of hydrogen-bond donors (Lipinski definition) is 1. The monoisotopic (exact) mass is 292 g/mol. The predicted molar refractivity (Wildman–Crippen MR) is 81.2 cm³/mol. The van der Waals surface area contributed by atoms with Crippen molar-refractivity contribution in [3.8, 4) is 11.5 Å². The molecule has 1 aliphatic carbocycles. The molecule has 21 heavy (non-hydrogen) atoms. The number of ether oxygens (including phenoxy) is 2. The zero-order valence-electron chi connectivity index (χ0n) is 13.0. The summed E-state index contributed by atoms with van der Waals surface area (Å²) in [6.07, 6.45) is 3.50. The van der Waals surface area contributed by atoms with Gasteiger partial charge in [-0.2, -0.15) is 0 Å². The Balaban J connectivity index is 2.16. The van der Waals surface area contributed by atoms with Gasteiger partial charge in [-0.3, -0.25) is 0 Å². The van der Waals surface area contributed by atoms with E-state index in [1.54, 1.807) is 12.1 Å². The van der Waals surface area contributed by atoms with E-state index in [9.17, 15) is 4.79 Å². The molecule has 0 aromatic heterocycles. The molecule has 4 heteroatoms. The summed E-state index contributed by atoms with van der Waals surface area (Å²) in [5, 5.41) is 9.06. The molecule has 1 saturated carbocycles. The van der Waals surface area contributed by atoms with Gasteiger partial charge < -0.3 is 14.6 Å². The molecular formula is C17H24O4. The lowest BCUT2D eigenvalue weighted by molar-refractivity contribution is 0.0696. The molecule has 0 spiro atoms. The van der Waals surface area contributed by atoms with Crippen molar-refractivity contribution in [3.05, 3.63) is 23.8 Å². The maximum Gasteiger partial charge on any atom is 0.335 e. The molecule has 0 saturated heterocycles. The molecule has 1 aromatic rings. The van der Waals surface area contributed by atoms with Crippen molar-refractivity contribution in [2.75, 3.05) is 6.61 Å². The zero-order chi connectivity index (χ0) is 15.4. The van der Waals surface area contributed by atoms with Gasteiger partial charge in [0.25, 0.3) is 0 Å². The van der Waals surface area contributed by atoms with Gasteiger partial charge >= 0.3 is 5.97 Å². The Bertz CT molecular complexity index is 488. The summed E-state index contributed by atoms with van der Waals surface area (Å²) >= 11 is 0. The lowest BCUT2D eigenvalue weighted by Crippen LogP contribution is -2.28. The minimum Gasteiger partial charge on any atom is -0.490 e. The second-order valence-corrected chi connectivity index (χ2v) is 6.06. The van der Waals surface area contributed by atoms with Crippen LogP contribution in [0.4, 0.5) is 0 Å². The van der Waals surface area contributed by atoms with Gasteiger partial charge in [0.05, 0.1) is 18.3 Å². The van der Waals surface area contributed by atoms with Gasteiger partial charge in [-0.15, -0.1) is 0 Å². The van der Waals surface area contributed by atoms with Crippen molar-refractivity contribution < 1.29 is 19.4 Å². The van der Waals surface area contributed by atoms with Crippen molar-refractivity contribution >= 4 is 5.97 Å². The van der Waals surface area contributed by atoms with E-state index in [-0.39, 0.29) is 11.7 Å². The van der Waals surface area contributed by atoms with Crippen LogP contribution in [0.3, 0.4) is 0 Å². The maximum absolute atomic E-state index is 11.0. The zero-order valence-corrected chi connectivity index (χ0v) is 13.0. The van der Waals surface area contributed by atoms with Crippen molar-refractivity contribution in [2.45, 2.75) is 46.1 Å². The minimum absolute atomic E-state index is 0.179. The van der Waals surface area contributed by atoms with Crippen LogP contribution in [-0.2, 0) is 0 Å². The summed E-state index contributed by atoms with van der Waals surface area (Å²) in [7, 11) is 0.